The molecule has 0 aromatic heterocycles. The van der Waals surface area contributed by atoms with Crippen LogP contribution < -0.4 is 16.4 Å². The highest BCUT2D eigenvalue weighted by molar-refractivity contribution is 5.93. The second-order valence-corrected chi connectivity index (χ2v) is 5.27. The molecule has 10 nitrogen and oxygen atoms in total. The lowest BCUT2D eigenvalue weighted by molar-refractivity contribution is -0.144. The van der Waals surface area contributed by atoms with Crippen LogP contribution in [0.1, 0.15) is 26.7 Å². The van der Waals surface area contributed by atoms with Crippen molar-refractivity contribution in [2.24, 2.45) is 5.73 Å². The van der Waals surface area contributed by atoms with Gasteiger partial charge in [-0.25, -0.2) is 9.59 Å². The van der Waals surface area contributed by atoms with Gasteiger partial charge in [0.15, 0.2) is 12.2 Å². The van der Waals surface area contributed by atoms with Crippen LogP contribution in [0.2, 0.25) is 0 Å². The third kappa shape index (κ3) is 5.78. The summed E-state index contributed by atoms with van der Waals surface area (Å²) in [6.07, 6.45) is -1.03. The normalized spacial score (nSPS) is 21.3. The van der Waals surface area contributed by atoms with Crippen LogP contribution >= 0.6 is 0 Å². The highest BCUT2D eigenvalue weighted by Crippen LogP contribution is 2.23. The van der Waals surface area contributed by atoms with Crippen molar-refractivity contribution in [1.82, 2.24) is 10.6 Å². The Morgan fingerprint density at radius 3 is 2.46 bits per heavy atom. The molecule has 0 radical (unpaired) electrons. The number of esters is 1. The van der Waals surface area contributed by atoms with Crippen molar-refractivity contribution >= 4 is 23.8 Å². The summed E-state index contributed by atoms with van der Waals surface area (Å²) < 4.78 is 9.62. The molecule has 1 heterocycles. The smallest absolute Gasteiger partial charge is 0.338 e. The van der Waals surface area contributed by atoms with Crippen LogP contribution in [0, 0.1) is 0 Å². The minimum atomic E-state index is -1.15. The van der Waals surface area contributed by atoms with Gasteiger partial charge in [-0.15, -0.1) is 0 Å². The number of hydrogen-bond acceptors (Lipinski definition) is 7. The molecule has 1 aliphatic heterocycles. The van der Waals surface area contributed by atoms with Crippen molar-refractivity contribution in [1.29, 1.82) is 0 Å². The summed E-state index contributed by atoms with van der Waals surface area (Å²) in [6.45, 7) is 3.40. The van der Waals surface area contributed by atoms with E-state index in [0.717, 1.165) is 0 Å². The molecule has 10 heteroatoms. The summed E-state index contributed by atoms with van der Waals surface area (Å²) in [6, 6.07) is -2.14. The molecule has 0 spiro atoms. The number of hydrogen-bond donors (Lipinski definition) is 4. The average Bonchev–Trinajstić information content (AvgIpc) is 3.32. The standard InChI is InChI=1S/C14H23N3O7/c1-3-5-8(13(20)21)17-11(18)7(15)6-16-12(19)9-10(24-9)14(22)23-4-2/h7-10H,3-6,15H2,1-2H3,(H,16,19)(H,17,18)(H,20,21)/t7-,8-,9+,10+/m0/s1. The lowest BCUT2D eigenvalue weighted by Crippen LogP contribution is -2.52. The molecule has 0 bridgehead atoms. The third-order valence-corrected chi connectivity index (χ3v) is 3.29. The van der Waals surface area contributed by atoms with Gasteiger partial charge in [0.25, 0.3) is 5.91 Å². The molecule has 4 atom stereocenters. The van der Waals surface area contributed by atoms with Crippen molar-refractivity contribution in [3.63, 3.8) is 0 Å². The Balaban J connectivity index is 2.36. The highest BCUT2D eigenvalue weighted by atomic mass is 16.6. The van der Waals surface area contributed by atoms with E-state index in [2.05, 4.69) is 10.6 Å². The lowest BCUT2D eigenvalue weighted by atomic mass is 10.1. The number of ether oxygens (including phenoxy) is 2. The van der Waals surface area contributed by atoms with E-state index in [4.69, 9.17) is 20.3 Å². The maximum absolute atomic E-state index is 11.8. The molecule has 5 N–H and O–H groups in total. The molecule has 2 amide bonds. The zero-order valence-electron chi connectivity index (χ0n) is 13.6. The van der Waals surface area contributed by atoms with Crippen LogP contribution in [0.4, 0.5) is 0 Å². The Kier molecular flexibility index (Phi) is 7.59. The predicted molar refractivity (Wildman–Crippen MR) is 80.8 cm³/mol. The quantitative estimate of drug-likeness (QED) is 0.264. The van der Waals surface area contributed by atoms with Crippen molar-refractivity contribution < 1.29 is 33.8 Å². The Labute approximate surface area is 139 Å². The number of carboxylic acid groups (broad SMARTS) is 1. The first kappa shape index (κ1) is 19.8. The second kappa shape index (κ2) is 9.18. The van der Waals surface area contributed by atoms with Crippen LogP contribution in [0.3, 0.4) is 0 Å². The van der Waals surface area contributed by atoms with E-state index in [1.54, 1.807) is 13.8 Å². The van der Waals surface area contributed by atoms with Gasteiger partial charge in [0, 0.05) is 6.54 Å². The van der Waals surface area contributed by atoms with Gasteiger partial charge in [0.1, 0.15) is 12.1 Å². The summed E-state index contributed by atoms with van der Waals surface area (Å²) in [4.78, 5) is 45.9. The summed E-state index contributed by atoms with van der Waals surface area (Å²) in [5.41, 5.74) is 5.62. The monoisotopic (exact) mass is 345 g/mol. The second-order valence-electron chi connectivity index (χ2n) is 5.27. The largest absolute Gasteiger partial charge is 0.480 e. The van der Waals surface area contributed by atoms with Crippen molar-refractivity contribution in [2.75, 3.05) is 13.2 Å². The van der Waals surface area contributed by atoms with Gasteiger partial charge in [0.05, 0.1) is 6.61 Å². The third-order valence-electron chi connectivity index (χ3n) is 3.29. The van der Waals surface area contributed by atoms with E-state index in [9.17, 15) is 19.2 Å². The molecule has 0 saturated carbocycles. The number of nitrogens with two attached hydrogens (primary N) is 1. The van der Waals surface area contributed by atoms with Crippen molar-refractivity contribution in [3.8, 4) is 0 Å². The molecule has 24 heavy (non-hydrogen) atoms. The zero-order chi connectivity index (χ0) is 18.3. The number of nitrogens with one attached hydrogen (secondary N) is 2. The Bertz CT molecular complexity index is 497. The Morgan fingerprint density at radius 1 is 1.25 bits per heavy atom. The van der Waals surface area contributed by atoms with Gasteiger partial charge in [-0.3, -0.25) is 9.59 Å². The van der Waals surface area contributed by atoms with Gasteiger partial charge in [-0.1, -0.05) is 13.3 Å². The average molecular weight is 345 g/mol. The number of carbonyl (C=O) groups excluding carboxylic acids is 3. The Morgan fingerprint density at radius 2 is 1.92 bits per heavy atom. The van der Waals surface area contributed by atoms with E-state index in [1.165, 1.54) is 0 Å². The van der Waals surface area contributed by atoms with E-state index in [1.807, 2.05) is 0 Å². The first-order valence-corrected chi connectivity index (χ1v) is 7.70. The van der Waals surface area contributed by atoms with Crippen LogP contribution in [0.5, 0.6) is 0 Å². The number of amides is 2. The minimum Gasteiger partial charge on any atom is -0.480 e. The fourth-order valence-electron chi connectivity index (χ4n) is 1.94. The maximum atomic E-state index is 11.8. The van der Waals surface area contributed by atoms with Gasteiger partial charge in [-0.2, -0.15) is 0 Å². The van der Waals surface area contributed by atoms with E-state index in [-0.39, 0.29) is 19.6 Å². The number of carbonyl (C=O) groups is 4. The molecule has 1 saturated heterocycles. The summed E-state index contributed by atoms with van der Waals surface area (Å²) >= 11 is 0. The molecule has 0 aromatic carbocycles. The van der Waals surface area contributed by atoms with E-state index >= 15 is 0 Å². The summed E-state index contributed by atoms with van der Waals surface area (Å²) in [5.74, 6) is -3.04. The minimum absolute atomic E-state index is 0.181. The number of aliphatic carboxylic acids is 1. The first-order valence-electron chi connectivity index (χ1n) is 7.70. The van der Waals surface area contributed by atoms with Crippen LogP contribution in [-0.2, 0) is 28.7 Å². The van der Waals surface area contributed by atoms with Crippen LogP contribution in [0.15, 0.2) is 0 Å². The SMILES string of the molecule is CCC[C@H](NC(=O)[C@@H](N)CNC(=O)[C@@H]1O[C@H]1C(=O)OCC)C(=O)O. The van der Waals surface area contributed by atoms with E-state index < -0.39 is 48.0 Å². The predicted octanol–water partition coefficient (Wildman–Crippen LogP) is -1.87. The topological polar surface area (TPSA) is 160 Å². The fourth-order valence-corrected chi connectivity index (χ4v) is 1.94. The van der Waals surface area contributed by atoms with Crippen molar-refractivity contribution in [3.05, 3.63) is 0 Å². The molecular formula is C14H23N3O7. The lowest BCUT2D eigenvalue weighted by Gasteiger charge is -2.17. The van der Waals surface area contributed by atoms with Crippen LogP contribution in [0.25, 0.3) is 0 Å². The van der Waals surface area contributed by atoms with Gasteiger partial charge >= 0.3 is 11.9 Å². The number of rotatable bonds is 10. The van der Waals surface area contributed by atoms with Crippen molar-refractivity contribution in [2.45, 2.75) is 51.0 Å². The van der Waals surface area contributed by atoms with Crippen LogP contribution in [-0.4, -0.2) is 66.3 Å². The summed E-state index contributed by atoms with van der Waals surface area (Å²) in [5, 5.41) is 13.7. The molecule has 1 rings (SSSR count). The number of epoxide rings is 1. The molecule has 0 aliphatic carbocycles. The fraction of sp³-hybridized carbons (Fsp3) is 0.714. The maximum Gasteiger partial charge on any atom is 0.338 e. The Hall–Kier alpha value is -2.20. The summed E-state index contributed by atoms with van der Waals surface area (Å²) in [7, 11) is 0. The van der Waals surface area contributed by atoms with Gasteiger partial charge in [0.2, 0.25) is 5.91 Å². The molecule has 1 fully saturated rings. The molecule has 136 valence electrons. The van der Waals surface area contributed by atoms with Gasteiger partial charge in [-0.05, 0) is 13.3 Å². The zero-order valence-corrected chi connectivity index (χ0v) is 13.6. The highest BCUT2D eigenvalue weighted by Gasteiger charge is 2.51. The van der Waals surface area contributed by atoms with Gasteiger partial charge < -0.3 is 30.9 Å². The first-order chi connectivity index (χ1) is 11.3. The van der Waals surface area contributed by atoms with E-state index in [0.29, 0.717) is 6.42 Å². The molecule has 0 unspecified atom stereocenters. The molecular weight excluding hydrogens is 322 g/mol. The molecule has 0 aromatic rings. The molecule has 1 aliphatic rings. The number of carboxylic acids is 1.